The van der Waals surface area contributed by atoms with Gasteiger partial charge in [-0.15, -0.1) is 4.91 Å². The van der Waals surface area contributed by atoms with E-state index in [1.165, 1.54) is 38.2 Å². The van der Waals surface area contributed by atoms with E-state index in [9.17, 15) is 4.91 Å². The molecule has 228 valence electrons. The van der Waals surface area contributed by atoms with Crippen LogP contribution in [0.1, 0.15) is 0 Å². The minimum Gasteiger partial charge on any atom is -0.456 e. The molecule has 0 unspecified atom stereocenters. The monoisotopic (exact) mass is 625 g/mol. The summed E-state index contributed by atoms with van der Waals surface area (Å²) >= 11 is 0. The number of fused-ring (bicyclic) bond motifs is 7. The minimum atomic E-state index is 0.481. The highest BCUT2D eigenvalue weighted by Gasteiger charge is 2.19. The number of furan rings is 1. The van der Waals surface area contributed by atoms with Gasteiger partial charge in [-0.05, 0) is 95.1 Å². The molecule has 3 heteroatoms. The molecule has 0 spiro atoms. The topological polar surface area (TPSA) is 42.6 Å². The highest BCUT2D eigenvalue weighted by Crippen LogP contribution is 2.46. The number of benzene rings is 9. The molecule has 0 amide bonds. The standard InChI is InChI=1S/C46H27NO2/c48-47-46-38-20-10-8-18-36(38)44(37-19-9-11-21-39(37)46)29-23-25-41-40(26-29)31-24-22-30(27-42(31)49-41)45-34-16-6-4-14-32(34)43(28-12-2-1-3-13-28)33-15-5-7-17-35(33)45/h1-27H. The maximum atomic E-state index is 12.1. The fourth-order valence-electron chi connectivity index (χ4n) is 7.96. The number of hydrogen-bond acceptors (Lipinski definition) is 3. The smallest absolute Gasteiger partial charge is 0.136 e. The van der Waals surface area contributed by atoms with Crippen LogP contribution in [0.15, 0.2) is 173 Å². The van der Waals surface area contributed by atoms with Crippen LogP contribution in [0.25, 0.3) is 98.4 Å². The summed E-state index contributed by atoms with van der Waals surface area (Å²) < 4.78 is 6.58. The molecule has 0 aliphatic carbocycles. The van der Waals surface area contributed by atoms with Gasteiger partial charge in [-0.1, -0.05) is 140 Å². The summed E-state index contributed by atoms with van der Waals surface area (Å²) in [5, 5.41) is 14.2. The van der Waals surface area contributed by atoms with Gasteiger partial charge in [0.1, 0.15) is 16.9 Å². The van der Waals surface area contributed by atoms with Gasteiger partial charge in [0.2, 0.25) is 0 Å². The average Bonchev–Trinajstić information content (AvgIpc) is 3.53. The van der Waals surface area contributed by atoms with Crippen LogP contribution in [0, 0.1) is 4.91 Å². The molecule has 0 N–H and O–H groups in total. The molecule has 10 rings (SSSR count). The molecule has 0 radical (unpaired) electrons. The van der Waals surface area contributed by atoms with Crippen LogP contribution < -0.4 is 0 Å². The summed E-state index contributed by atoms with van der Waals surface area (Å²) in [5.74, 6) is 0. The van der Waals surface area contributed by atoms with Gasteiger partial charge >= 0.3 is 0 Å². The van der Waals surface area contributed by atoms with E-state index in [0.29, 0.717) is 5.69 Å². The van der Waals surface area contributed by atoms with Gasteiger partial charge in [0.15, 0.2) is 0 Å². The molecule has 0 bridgehead atoms. The van der Waals surface area contributed by atoms with Crippen molar-refractivity contribution in [2.24, 2.45) is 5.18 Å². The third-order valence-corrected chi connectivity index (χ3v) is 10.0. The Morgan fingerprint density at radius 3 is 1.29 bits per heavy atom. The van der Waals surface area contributed by atoms with Crippen molar-refractivity contribution < 1.29 is 4.42 Å². The van der Waals surface area contributed by atoms with Crippen LogP contribution in [0.5, 0.6) is 0 Å². The zero-order valence-corrected chi connectivity index (χ0v) is 26.4. The SMILES string of the molecule is O=Nc1c2ccccc2c(-c2ccc3oc4cc(-c5c6ccccc6c(-c6ccccc6)c6ccccc56)ccc4c3c2)c2ccccc12. The summed E-state index contributed by atoms with van der Waals surface area (Å²) in [6, 6.07) is 57.2. The van der Waals surface area contributed by atoms with E-state index in [1.54, 1.807) is 0 Å². The zero-order chi connectivity index (χ0) is 32.5. The Bertz CT molecular complexity index is 2840. The van der Waals surface area contributed by atoms with Crippen LogP contribution in [0.3, 0.4) is 0 Å². The van der Waals surface area contributed by atoms with Crippen LogP contribution >= 0.6 is 0 Å². The lowest BCUT2D eigenvalue weighted by atomic mass is 9.86. The molecule has 9 aromatic carbocycles. The number of rotatable bonds is 4. The average molecular weight is 626 g/mol. The Morgan fingerprint density at radius 1 is 0.327 bits per heavy atom. The minimum absolute atomic E-state index is 0.481. The Kier molecular flexibility index (Phi) is 6.03. The molecule has 0 aliphatic rings. The molecular weight excluding hydrogens is 599 g/mol. The second-order valence-corrected chi connectivity index (χ2v) is 12.6. The molecule has 1 heterocycles. The second kappa shape index (κ2) is 10.7. The molecule has 0 atom stereocenters. The van der Waals surface area contributed by atoms with E-state index in [1.807, 2.05) is 36.4 Å². The van der Waals surface area contributed by atoms with E-state index in [4.69, 9.17) is 4.42 Å². The number of nitrogens with zero attached hydrogens (tertiary/aromatic N) is 1. The molecule has 49 heavy (non-hydrogen) atoms. The summed E-state index contributed by atoms with van der Waals surface area (Å²) in [5.41, 5.74) is 9.11. The van der Waals surface area contributed by atoms with E-state index in [0.717, 1.165) is 60.2 Å². The van der Waals surface area contributed by atoms with Crippen molar-refractivity contribution in [2.75, 3.05) is 0 Å². The first-order valence-corrected chi connectivity index (χ1v) is 16.5. The van der Waals surface area contributed by atoms with Gasteiger partial charge in [0, 0.05) is 21.5 Å². The van der Waals surface area contributed by atoms with Gasteiger partial charge in [-0.2, -0.15) is 0 Å². The fraction of sp³-hybridized carbons (Fsp3) is 0. The van der Waals surface area contributed by atoms with E-state index in [-0.39, 0.29) is 0 Å². The maximum absolute atomic E-state index is 12.1. The van der Waals surface area contributed by atoms with Gasteiger partial charge < -0.3 is 4.42 Å². The number of hydrogen-bond donors (Lipinski definition) is 0. The lowest BCUT2D eigenvalue weighted by molar-refractivity contribution is 0.669. The lowest BCUT2D eigenvalue weighted by Crippen LogP contribution is -1.90. The summed E-state index contributed by atoms with van der Waals surface area (Å²) in [6.45, 7) is 0. The van der Waals surface area contributed by atoms with Crippen molar-refractivity contribution >= 4 is 70.7 Å². The van der Waals surface area contributed by atoms with Crippen molar-refractivity contribution in [3.05, 3.63) is 169 Å². The highest BCUT2D eigenvalue weighted by atomic mass is 16.3. The molecule has 1 aromatic heterocycles. The third-order valence-electron chi connectivity index (χ3n) is 10.0. The van der Waals surface area contributed by atoms with Crippen LogP contribution in [-0.2, 0) is 0 Å². The predicted molar refractivity (Wildman–Crippen MR) is 206 cm³/mol. The van der Waals surface area contributed by atoms with E-state index < -0.39 is 0 Å². The largest absolute Gasteiger partial charge is 0.456 e. The van der Waals surface area contributed by atoms with E-state index >= 15 is 0 Å². The summed E-state index contributed by atoms with van der Waals surface area (Å²) in [4.78, 5) is 12.1. The van der Waals surface area contributed by atoms with Crippen LogP contribution in [0.4, 0.5) is 5.69 Å². The van der Waals surface area contributed by atoms with E-state index in [2.05, 4.69) is 133 Å². The first-order valence-electron chi connectivity index (χ1n) is 16.5. The third kappa shape index (κ3) is 4.09. The van der Waals surface area contributed by atoms with Gasteiger partial charge in [0.05, 0.1) is 0 Å². The molecule has 3 nitrogen and oxygen atoms in total. The fourth-order valence-corrected chi connectivity index (χ4v) is 7.96. The Labute approximate surface area is 281 Å². The maximum Gasteiger partial charge on any atom is 0.136 e. The molecule has 0 saturated carbocycles. The second-order valence-electron chi connectivity index (χ2n) is 12.6. The quantitative estimate of drug-likeness (QED) is 0.144. The van der Waals surface area contributed by atoms with Gasteiger partial charge in [-0.3, -0.25) is 0 Å². The number of nitroso groups, excluding NO2 is 1. The van der Waals surface area contributed by atoms with Crippen molar-refractivity contribution in [2.45, 2.75) is 0 Å². The Hall–Kier alpha value is -6.58. The van der Waals surface area contributed by atoms with Crippen LogP contribution in [-0.4, -0.2) is 0 Å². The van der Waals surface area contributed by atoms with Crippen molar-refractivity contribution in [3.8, 4) is 33.4 Å². The summed E-state index contributed by atoms with van der Waals surface area (Å²) in [6.07, 6.45) is 0. The van der Waals surface area contributed by atoms with Gasteiger partial charge in [0.25, 0.3) is 0 Å². The van der Waals surface area contributed by atoms with Crippen LogP contribution in [0.2, 0.25) is 0 Å². The first kappa shape index (κ1) is 27.5. The molecule has 0 aliphatic heterocycles. The highest BCUT2D eigenvalue weighted by molar-refractivity contribution is 6.23. The molecule has 10 aromatic rings. The predicted octanol–water partition coefficient (Wildman–Crippen LogP) is 13.6. The first-order chi connectivity index (χ1) is 24.3. The normalized spacial score (nSPS) is 11.8. The molecular formula is C46H27NO2. The van der Waals surface area contributed by atoms with Gasteiger partial charge in [-0.25, -0.2) is 0 Å². The van der Waals surface area contributed by atoms with Crippen molar-refractivity contribution in [1.29, 1.82) is 0 Å². The molecule has 0 saturated heterocycles. The Balaban J connectivity index is 1.20. The zero-order valence-electron chi connectivity index (χ0n) is 26.4. The molecule has 0 fully saturated rings. The Morgan fingerprint density at radius 2 is 0.755 bits per heavy atom. The lowest BCUT2D eigenvalue weighted by Gasteiger charge is -2.17. The van der Waals surface area contributed by atoms with Crippen molar-refractivity contribution in [3.63, 3.8) is 0 Å². The summed E-state index contributed by atoms with van der Waals surface area (Å²) in [7, 11) is 0. The van der Waals surface area contributed by atoms with Crippen molar-refractivity contribution in [1.82, 2.24) is 0 Å².